The Morgan fingerprint density at radius 2 is 2.12 bits per heavy atom. The quantitative estimate of drug-likeness (QED) is 0.443. The van der Waals surface area contributed by atoms with E-state index in [1.165, 1.54) is 0 Å². The summed E-state index contributed by atoms with van der Waals surface area (Å²) in [6.07, 6.45) is 1.75. The molecule has 2 aromatic carbocycles. The highest BCUT2D eigenvalue weighted by molar-refractivity contribution is 14.1. The van der Waals surface area contributed by atoms with Gasteiger partial charge in [0.2, 0.25) is 6.79 Å². The van der Waals surface area contributed by atoms with E-state index in [2.05, 4.69) is 6.07 Å². The third kappa shape index (κ3) is 3.26. The van der Waals surface area contributed by atoms with E-state index >= 15 is 0 Å². The highest BCUT2D eigenvalue weighted by Gasteiger charge is 2.15. The second-order valence-electron chi connectivity index (χ2n) is 5.02. The average Bonchev–Trinajstić information content (AvgIpc) is 3.04. The number of nitrogens with zero attached hydrogens (tertiary/aromatic N) is 1. The lowest BCUT2D eigenvalue weighted by Crippen LogP contribution is -1.94. The highest BCUT2D eigenvalue weighted by atomic mass is 127. The number of hydrogen-bond donors (Lipinski definition) is 1. The molecule has 5 nitrogen and oxygen atoms in total. The standard InChI is InChI=1S/C18H14INO4/c1-2-22-17-7-11(6-14(19)18(17)21)5-13(9-20)12-3-4-15-16(8-12)24-10-23-15/h3-8,21H,2,10H2,1H3/b13-5-. The molecular formula is C18H14INO4. The van der Waals surface area contributed by atoms with Gasteiger partial charge < -0.3 is 19.3 Å². The summed E-state index contributed by atoms with van der Waals surface area (Å²) < 4.78 is 16.7. The molecule has 0 fully saturated rings. The summed E-state index contributed by atoms with van der Waals surface area (Å²) in [5.41, 5.74) is 2.00. The third-order valence-electron chi connectivity index (χ3n) is 3.47. The predicted octanol–water partition coefficient (Wildman–Crippen LogP) is 4.19. The molecule has 0 saturated heterocycles. The van der Waals surface area contributed by atoms with E-state index in [1.54, 1.807) is 30.3 Å². The monoisotopic (exact) mass is 435 g/mol. The molecule has 1 aliphatic heterocycles. The Hall–Kier alpha value is -2.40. The van der Waals surface area contributed by atoms with Crippen molar-refractivity contribution in [3.8, 4) is 29.1 Å². The molecule has 1 heterocycles. The van der Waals surface area contributed by atoms with Crippen LogP contribution in [0.5, 0.6) is 23.0 Å². The number of phenols is 1. The summed E-state index contributed by atoms with van der Waals surface area (Å²) >= 11 is 2.03. The number of benzene rings is 2. The number of ether oxygens (including phenoxy) is 3. The van der Waals surface area contributed by atoms with Crippen LogP contribution in [0.4, 0.5) is 0 Å². The summed E-state index contributed by atoms with van der Waals surface area (Å²) in [7, 11) is 0. The topological polar surface area (TPSA) is 71.7 Å². The van der Waals surface area contributed by atoms with Crippen LogP contribution in [-0.4, -0.2) is 18.5 Å². The van der Waals surface area contributed by atoms with Crippen molar-refractivity contribution in [1.29, 1.82) is 5.26 Å². The smallest absolute Gasteiger partial charge is 0.231 e. The molecule has 0 amide bonds. The molecule has 2 aromatic rings. The zero-order chi connectivity index (χ0) is 17.1. The lowest BCUT2D eigenvalue weighted by Gasteiger charge is -2.09. The fourth-order valence-electron chi connectivity index (χ4n) is 2.35. The van der Waals surface area contributed by atoms with Gasteiger partial charge in [-0.2, -0.15) is 5.26 Å². The van der Waals surface area contributed by atoms with Crippen LogP contribution in [0.25, 0.3) is 11.6 Å². The fraction of sp³-hybridized carbons (Fsp3) is 0.167. The van der Waals surface area contributed by atoms with Gasteiger partial charge in [-0.1, -0.05) is 0 Å². The van der Waals surface area contributed by atoms with Crippen LogP contribution in [0.3, 0.4) is 0 Å². The summed E-state index contributed by atoms with van der Waals surface area (Å²) in [5.74, 6) is 1.81. The summed E-state index contributed by atoms with van der Waals surface area (Å²) in [5, 5.41) is 19.5. The first-order chi connectivity index (χ1) is 11.6. The van der Waals surface area contributed by atoms with Gasteiger partial charge in [0.25, 0.3) is 0 Å². The van der Waals surface area contributed by atoms with E-state index in [4.69, 9.17) is 14.2 Å². The van der Waals surface area contributed by atoms with Gasteiger partial charge in [-0.05, 0) is 77.0 Å². The number of nitriles is 1. The second kappa shape index (κ2) is 7.01. The lowest BCUT2D eigenvalue weighted by atomic mass is 10.0. The molecular weight excluding hydrogens is 421 g/mol. The molecule has 0 aromatic heterocycles. The third-order valence-corrected chi connectivity index (χ3v) is 4.29. The first-order valence-electron chi connectivity index (χ1n) is 7.29. The molecule has 0 spiro atoms. The van der Waals surface area contributed by atoms with Crippen LogP contribution < -0.4 is 14.2 Å². The number of aromatic hydroxyl groups is 1. The number of phenolic OH excluding ortho intramolecular Hbond substituents is 1. The van der Waals surface area contributed by atoms with Crippen LogP contribution in [0.15, 0.2) is 30.3 Å². The maximum atomic E-state index is 10.0. The van der Waals surface area contributed by atoms with Crippen molar-refractivity contribution < 1.29 is 19.3 Å². The predicted molar refractivity (Wildman–Crippen MR) is 98.0 cm³/mol. The van der Waals surface area contributed by atoms with E-state index in [-0.39, 0.29) is 12.5 Å². The van der Waals surface area contributed by atoms with Gasteiger partial charge >= 0.3 is 0 Å². The zero-order valence-electron chi connectivity index (χ0n) is 12.9. The minimum absolute atomic E-state index is 0.108. The van der Waals surface area contributed by atoms with E-state index in [0.717, 1.165) is 11.1 Å². The molecule has 1 N–H and O–H groups in total. The van der Waals surface area contributed by atoms with Crippen molar-refractivity contribution in [2.24, 2.45) is 0 Å². The molecule has 0 bridgehead atoms. The first-order valence-corrected chi connectivity index (χ1v) is 8.37. The van der Waals surface area contributed by atoms with E-state index < -0.39 is 0 Å². The molecule has 0 saturated carbocycles. The molecule has 0 unspecified atom stereocenters. The van der Waals surface area contributed by atoms with Crippen LogP contribution in [-0.2, 0) is 0 Å². The molecule has 0 atom stereocenters. The minimum atomic E-state index is 0.108. The van der Waals surface area contributed by atoms with Gasteiger partial charge in [0.15, 0.2) is 23.0 Å². The first kappa shape index (κ1) is 16.5. The number of hydrogen-bond acceptors (Lipinski definition) is 5. The van der Waals surface area contributed by atoms with Crippen LogP contribution in [0.1, 0.15) is 18.1 Å². The van der Waals surface area contributed by atoms with E-state index in [0.29, 0.717) is 33.0 Å². The molecule has 0 aliphatic carbocycles. The summed E-state index contributed by atoms with van der Waals surface area (Å²) in [6.45, 7) is 2.49. The normalized spacial score (nSPS) is 12.8. The van der Waals surface area contributed by atoms with Crippen molar-refractivity contribution in [3.05, 3.63) is 45.0 Å². The van der Waals surface area contributed by atoms with E-state index in [1.807, 2.05) is 35.6 Å². The minimum Gasteiger partial charge on any atom is -0.504 e. The van der Waals surface area contributed by atoms with Gasteiger partial charge in [0.1, 0.15) is 0 Å². The Bertz CT molecular complexity index is 855. The van der Waals surface area contributed by atoms with Gasteiger partial charge in [-0.3, -0.25) is 0 Å². The van der Waals surface area contributed by atoms with Crippen LogP contribution in [0.2, 0.25) is 0 Å². The van der Waals surface area contributed by atoms with Crippen molar-refractivity contribution in [1.82, 2.24) is 0 Å². The summed E-state index contributed by atoms with van der Waals surface area (Å²) in [4.78, 5) is 0. The highest BCUT2D eigenvalue weighted by Crippen LogP contribution is 2.36. The van der Waals surface area contributed by atoms with Gasteiger partial charge in [-0.25, -0.2) is 0 Å². The Kier molecular flexibility index (Phi) is 4.81. The fourth-order valence-corrected chi connectivity index (χ4v) is 2.98. The van der Waals surface area contributed by atoms with Gasteiger partial charge in [0, 0.05) is 0 Å². The molecule has 6 heteroatoms. The van der Waals surface area contributed by atoms with Gasteiger partial charge in [-0.15, -0.1) is 0 Å². The number of halogens is 1. The van der Waals surface area contributed by atoms with E-state index in [9.17, 15) is 10.4 Å². The van der Waals surface area contributed by atoms with Gasteiger partial charge in [0.05, 0.1) is 21.8 Å². The molecule has 122 valence electrons. The molecule has 3 rings (SSSR count). The Labute approximate surface area is 153 Å². The molecule has 1 aliphatic rings. The largest absolute Gasteiger partial charge is 0.504 e. The van der Waals surface area contributed by atoms with Crippen LogP contribution in [0, 0.1) is 14.9 Å². The number of allylic oxidation sites excluding steroid dienone is 1. The zero-order valence-corrected chi connectivity index (χ0v) is 15.0. The van der Waals surface area contributed by atoms with Crippen molar-refractivity contribution >= 4 is 34.2 Å². The average molecular weight is 435 g/mol. The van der Waals surface area contributed by atoms with Crippen molar-refractivity contribution in [3.63, 3.8) is 0 Å². The molecule has 0 radical (unpaired) electrons. The second-order valence-corrected chi connectivity index (χ2v) is 6.18. The van der Waals surface area contributed by atoms with Crippen molar-refractivity contribution in [2.45, 2.75) is 6.92 Å². The Balaban J connectivity index is 2.01. The number of fused-ring (bicyclic) bond motifs is 1. The summed E-state index contributed by atoms with van der Waals surface area (Å²) in [6, 6.07) is 11.1. The number of rotatable bonds is 4. The SMILES string of the molecule is CCOc1cc(/C=C(/C#N)c2ccc3c(c2)OCO3)cc(I)c1O. The lowest BCUT2D eigenvalue weighted by molar-refractivity contribution is 0.174. The molecule has 24 heavy (non-hydrogen) atoms. The van der Waals surface area contributed by atoms with Crippen molar-refractivity contribution in [2.75, 3.05) is 13.4 Å². The maximum absolute atomic E-state index is 10.0. The Morgan fingerprint density at radius 3 is 2.88 bits per heavy atom. The Morgan fingerprint density at radius 1 is 1.33 bits per heavy atom. The van der Waals surface area contributed by atoms with Crippen LogP contribution >= 0.6 is 22.6 Å². The maximum Gasteiger partial charge on any atom is 0.231 e.